The van der Waals surface area contributed by atoms with E-state index in [1.54, 1.807) is 0 Å². The highest BCUT2D eigenvalue weighted by Gasteiger charge is 2.30. The summed E-state index contributed by atoms with van der Waals surface area (Å²) in [5.74, 6) is 0.266. The van der Waals surface area contributed by atoms with Gasteiger partial charge in [-0.25, -0.2) is 0 Å². The molecule has 5 nitrogen and oxygen atoms in total. The maximum Gasteiger partial charge on any atom is 0.225 e. The lowest BCUT2D eigenvalue weighted by atomic mass is 10.1. The number of hydrogen-bond acceptors (Lipinski definition) is 4. The molecule has 0 bridgehead atoms. The number of anilines is 1. The molecule has 2 fully saturated rings. The number of amides is 1. The molecule has 24 heavy (non-hydrogen) atoms. The molecular formula is C19H23N3O2. The van der Waals surface area contributed by atoms with Crippen molar-refractivity contribution in [2.45, 2.75) is 25.3 Å². The molecule has 2 saturated heterocycles. The third kappa shape index (κ3) is 3.08. The van der Waals surface area contributed by atoms with E-state index in [1.165, 1.54) is 5.69 Å². The SMILES string of the molecule is O=C(NC1CCOCC1)C1CCN(c2ccnc3ccccc23)C1. The Morgan fingerprint density at radius 2 is 2.00 bits per heavy atom. The van der Waals surface area contributed by atoms with Crippen LogP contribution in [-0.4, -0.2) is 43.2 Å². The highest BCUT2D eigenvalue weighted by atomic mass is 16.5. The summed E-state index contributed by atoms with van der Waals surface area (Å²) >= 11 is 0. The fourth-order valence-corrected chi connectivity index (χ4v) is 3.71. The zero-order chi connectivity index (χ0) is 16.4. The van der Waals surface area contributed by atoms with Gasteiger partial charge < -0.3 is 15.0 Å². The van der Waals surface area contributed by atoms with Crippen LogP contribution < -0.4 is 10.2 Å². The van der Waals surface area contributed by atoms with Crippen LogP contribution in [0.5, 0.6) is 0 Å². The summed E-state index contributed by atoms with van der Waals surface area (Å²) in [6, 6.07) is 10.5. The molecule has 3 heterocycles. The van der Waals surface area contributed by atoms with Crippen molar-refractivity contribution < 1.29 is 9.53 Å². The predicted molar refractivity (Wildman–Crippen MR) is 94.0 cm³/mol. The van der Waals surface area contributed by atoms with E-state index in [1.807, 2.05) is 24.4 Å². The van der Waals surface area contributed by atoms with E-state index in [0.717, 1.165) is 56.5 Å². The second kappa shape index (κ2) is 6.77. The lowest BCUT2D eigenvalue weighted by Gasteiger charge is -2.25. The predicted octanol–water partition coefficient (Wildman–Crippen LogP) is 2.36. The number of pyridine rings is 1. The number of hydrogen-bond donors (Lipinski definition) is 1. The first-order chi connectivity index (χ1) is 11.8. The molecule has 5 heteroatoms. The topological polar surface area (TPSA) is 54.5 Å². The molecule has 0 radical (unpaired) electrons. The second-order valence-corrected chi connectivity index (χ2v) is 6.67. The van der Waals surface area contributed by atoms with Gasteiger partial charge in [-0.1, -0.05) is 18.2 Å². The van der Waals surface area contributed by atoms with Gasteiger partial charge in [0.15, 0.2) is 0 Å². The first-order valence-corrected chi connectivity index (χ1v) is 8.78. The molecule has 126 valence electrons. The Kier molecular flexibility index (Phi) is 4.34. The highest BCUT2D eigenvalue weighted by molar-refractivity contribution is 5.92. The Bertz CT molecular complexity index is 722. The van der Waals surface area contributed by atoms with E-state index < -0.39 is 0 Å². The highest BCUT2D eigenvalue weighted by Crippen LogP contribution is 2.30. The number of rotatable bonds is 3. The summed E-state index contributed by atoms with van der Waals surface area (Å²) in [4.78, 5) is 19.3. The van der Waals surface area contributed by atoms with E-state index in [4.69, 9.17) is 4.74 Å². The quantitative estimate of drug-likeness (QED) is 0.941. The normalized spacial score (nSPS) is 22.0. The standard InChI is InChI=1S/C19H23N3O2/c23-19(21-15-7-11-24-12-8-15)14-6-10-22(13-14)18-5-9-20-17-4-2-1-3-16(17)18/h1-5,9,14-15H,6-8,10-13H2,(H,21,23). The Labute approximate surface area is 142 Å². The Morgan fingerprint density at radius 1 is 1.17 bits per heavy atom. The molecule has 0 spiro atoms. The Hall–Kier alpha value is -2.14. The Balaban J connectivity index is 1.44. The zero-order valence-corrected chi connectivity index (χ0v) is 13.8. The number of carbonyl (C=O) groups excluding carboxylic acids is 1. The van der Waals surface area contributed by atoms with E-state index in [2.05, 4.69) is 27.3 Å². The number of aromatic nitrogens is 1. The first kappa shape index (κ1) is 15.4. The van der Waals surface area contributed by atoms with Gasteiger partial charge >= 0.3 is 0 Å². The van der Waals surface area contributed by atoms with E-state index in [-0.39, 0.29) is 17.9 Å². The summed E-state index contributed by atoms with van der Waals surface area (Å²) in [5.41, 5.74) is 2.19. The number of benzene rings is 1. The third-order valence-corrected chi connectivity index (χ3v) is 5.09. The molecule has 0 aliphatic carbocycles. The van der Waals surface area contributed by atoms with Crippen LogP contribution in [-0.2, 0) is 9.53 Å². The molecule has 1 N–H and O–H groups in total. The monoisotopic (exact) mass is 325 g/mol. The van der Waals surface area contributed by atoms with Gasteiger partial charge in [0.05, 0.1) is 11.4 Å². The van der Waals surface area contributed by atoms with Crippen LogP contribution >= 0.6 is 0 Å². The lowest BCUT2D eigenvalue weighted by molar-refractivity contribution is -0.125. The number of ether oxygens (including phenoxy) is 1. The van der Waals surface area contributed by atoms with Gasteiger partial charge in [-0.2, -0.15) is 0 Å². The van der Waals surface area contributed by atoms with Crippen molar-refractivity contribution in [1.82, 2.24) is 10.3 Å². The third-order valence-electron chi connectivity index (χ3n) is 5.09. The van der Waals surface area contributed by atoms with Crippen molar-refractivity contribution >= 4 is 22.5 Å². The Morgan fingerprint density at radius 3 is 2.88 bits per heavy atom. The van der Waals surface area contributed by atoms with Gasteiger partial charge in [-0.15, -0.1) is 0 Å². The number of carbonyl (C=O) groups is 1. The molecule has 1 unspecified atom stereocenters. The summed E-state index contributed by atoms with van der Waals surface area (Å²) in [7, 11) is 0. The van der Waals surface area contributed by atoms with Gasteiger partial charge in [0.2, 0.25) is 5.91 Å². The maximum atomic E-state index is 12.6. The van der Waals surface area contributed by atoms with Crippen LogP contribution in [0, 0.1) is 5.92 Å². The van der Waals surface area contributed by atoms with Crippen molar-refractivity contribution in [2.75, 3.05) is 31.2 Å². The van der Waals surface area contributed by atoms with Crippen molar-refractivity contribution in [3.63, 3.8) is 0 Å². The number of nitrogens with zero attached hydrogens (tertiary/aromatic N) is 2. The number of nitrogens with one attached hydrogen (secondary N) is 1. The molecule has 1 amide bonds. The second-order valence-electron chi connectivity index (χ2n) is 6.67. The molecule has 2 aliphatic heterocycles. The zero-order valence-electron chi connectivity index (χ0n) is 13.8. The van der Waals surface area contributed by atoms with Gasteiger partial charge in [0, 0.05) is 49.6 Å². The molecule has 4 rings (SSSR count). The van der Waals surface area contributed by atoms with Crippen LogP contribution in [0.4, 0.5) is 5.69 Å². The van der Waals surface area contributed by atoms with Gasteiger partial charge in [-0.3, -0.25) is 9.78 Å². The number of fused-ring (bicyclic) bond motifs is 1. The largest absolute Gasteiger partial charge is 0.381 e. The van der Waals surface area contributed by atoms with Crippen LogP contribution in [0.25, 0.3) is 10.9 Å². The molecule has 1 aromatic heterocycles. The summed E-state index contributed by atoms with van der Waals surface area (Å²) in [6.07, 6.45) is 4.62. The molecule has 2 aliphatic rings. The van der Waals surface area contributed by atoms with Gasteiger partial charge in [0.25, 0.3) is 0 Å². The molecule has 1 atom stereocenters. The smallest absolute Gasteiger partial charge is 0.225 e. The minimum atomic E-state index is 0.0692. The van der Waals surface area contributed by atoms with Gasteiger partial charge in [0.1, 0.15) is 0 Å². The first-order valence-electron chi connectivity index (χ1n) is 8.78. The fourth-order valence-electron chi connectivity index (χ4n) is 3.71. The average molecular weight is 325 g/mol. The van der Waals surface area contributed by atoms with Crippen molar-refractivity contribution in [2.24, 2.45) is 5.92 Å². The lowest BCUT2D eigenvalue weighted by Crippen LogP contribution is -2.42. The van der Waals surface area contributed by atoms with Crippen molar-refractivity contribution in [3.8, 4) is 0 Å². The molecule has 1 aromatic carbocycles. The van der Waals surface area contributed by atoms with Crippen molar-refractivity contribution in [1.29, 1.82) is 0 Å². The number of para-hydroxylation sites is 1. The van der Waals surface area contributed by atoms with E-state index in [9.17, 15) is 4.79 Å². The minimum Gasteiger partial charge on any atom is -0.381 e. The van der Waals surface area contributed by atoms with Crippen molar-refractivity contribution in [3.05, 3.63) is 36.5 Å². The van der Waals surface area contributed by atoms with E-state index in [0.29, 0.717) is 0 Å². The molecule has 2 aromatic rings. The molecule has 0 saturated carbocycles. The summed E-state index contributed by atoms with van der Waals surface area (Å²) in [6.45, 7) is 3.21. The summed E-state index contributed by atoms with van der Waals surface area (Å²) < 4.78 is 5.36. The van der Waals surface area contributed by atoms with Crippen LogP contribution in [0.3, 0.4) is 0 Å². The van der Waals surface area contributed by atoms with Gasteiger partial charge in [-0.05, 0) is 31.4 Å². The maximum absolute atomic E-state index is 12.6. The van der Waals surface area contributed by atoms with Crippen LogP contribution in [0.15, 0.2) is 36.5 Å². The van der Waals surface area contributed by atoms with Crippen LogP contribution in [0.1, 0.15) is 19.3 Å². The fraction of sp³-hybridized carbons (Fsp3) is 0.474. The van der Waals surface area contributed by atoms with Crippen LogP contribution in [0.2, 0.25) is 0 Å². The minimum absolute atomic E-state index is 0.0692. The summed E-state index contributed by atoms with van der Waals surface area (Å²) in [5, 5.41) is 4.37. The molecular weight excluding hydrogens is 302 g/mol. The average Bonchev–Trinajstić information content (AvgIpc) is 3.12. The van der Waals surface area contributed by atoms with E-state index >= 15 is 0 Å².